The summed E-state index contributed by atoms with van der Waals surface area (Å²) in [4.78, 5) is 0. The topological polar surface area (TPSA) is 39.2 Å². The maximum Gasteiger partial charge on any atom is 0.195 e. The van der Waals surface area contributed by atoms with Crippen molar-refractivity contribution in [3.8, 4) is 11.3 Å². The van der Waals surface area contributed by atoms with E-state index in [9.17, 15) is 13.2 Å². The van der Waals surface area contributed by atoms with E-state index in [-0.39, 0.29) is 17.2 Å². The first kappa shape index (κ1) is 13.7. The van der Waals surface area contributed by atoms with Crippen LogP contribution in [0.3, 0.4) is 0 Å². The van der Waals surface area contributed by atoms with Gasteiger partial charge in [-0.05, 0) is 37.2 Å². The van der Waals surface area contributed by atoms with Crippen molar-refractivity contribution in [2.75, 3.05) is 6.54 Å². The second-order valence-corrected chi connectivity index (χ2v) is 4.40. The number of nitrogens with two attached hydrogens (primary N) is 1. The van der Waals surface area contributed by atoms with Crippen molar-refractivity contribution in [1.82, 2.24) is 0 Å². The van der Waals surface area contributed by atoms with E-state index < -0.39 is 17.5 Å². The summed E-state index contributed by atoms with van der Waals surface area (Å²) in [7, 11) is 0. The molecule has 1 aromatic heterocycles. The minimum atomic E-state index is -1.49. The molecule has 0 spiro atoms. The number of hydrogen-bond donors (Lipinski definition) is 1. The molecule has 0 radical (unpaired) electrons. The van der Waals surface area contributed by atoms with Crippen LogP contribution >= 0.6 is 0 Å². The number of hydrogen-bond acceptors (Lipinski definition) is 2. The van der Waals surface area contributed by atoms with Crippen LogP contribution < -0.4 is 5.73 Å². The van der Waals surface area contributed by atoms with E-state index in [2.05, 4.69) is 0 Å². The van der Waals surface area contributed by atoms with Crippen molar-refractivity contribution in [2.45, 2.75) is 19.3 Å². The van der Waals surface area contributed by atoms with Crippen molar-refractivity contribution >= 4 is 0 Å². The normalized spacial score (nSPS) is 12.7. The zero-order valence-corrected chi connectivity index (χ0v) is 10.4. The van der Waals surface area contributed by atoms with Crippen LogP contribution in [0, 0.1) is 17.5 Å². The van der Waals surface area contributed by atoms with Gasteiger partial charge < -0.3 is 10.2 Å². The zero-order valence-electron chi connectivity index (χ0n) is 10.4. The van der Waals surface area contributed by atoms with E-state index in [1.165, 1.54) is 6.07 Å². The van der Waals surface area contributed by atoms with Crippen LogP contribution in [0.1, 0.15) is 25.0 Å². The van der Waals surface area contributed by atoms with Crippen molar-refractivity contribution in [3.05, 3.63) is 47.5 Å². The minimum absolute atomic E-state index is 0.0899. The zero-order chi connectivity index (χ0) is 14.0. The SMILES string of the molecule is CC(CCN)c1ccc(-c2ccc(F)c(F)c2F)o1. The maximum atomic E-state index is 13.6. The summed E-state index contributed by atoms with van der Waals surface area (Å²) in [5.74, 6) is -3.05. The van der Waals surface area contributed by atoms with Gasteiger partial charge in [-0.15, -0.1) is 0 Å². The van der Waals surface area contributed by atoms with Crippen LogP contribution in [-0.4, -0.2) is 6.54 Å². The van der Waals surface area contributed by atoms with Gasteiger partial charge in [0.05, 0.1) is 5.56 Å². The molecule has 0 saturated carbocycles. The monoisotopic (exact) mass is 269 g/mol. The van der Waals surface area contributed by atoms with Crippen LogP contribution in [-0.2, 0) is 0 Å². The fourth-order valence-electron chi connectivity index (χ4n) is 1.87. The van der Waals surface area contributed by atoms with Crippen LogP contribution in [0.25, 0.3) is 11.3 Å². The van der Waals surface area contributed by atoms with E-state index in [0.717, 1.165) is 18.6 Å². The second-order valence-electron chi connectivity index (χ2n) is 4.40. The number of benzene rings is 1. The van der Waals surface area contributed by atoms with Crippen molar-refractivity contribution in [1.29, 1.82) is 0 Å². The van der Waals surface area contributed by atoms with Gasteiger partial charge in [-0.1, -0.05) is 6.92 Å². The fourth-order valence-corrected chi connectivity index (χ4v) is 1.87. The third kappa shape index (κ3) is 2.66. The molecule has 0 amide bonds. The van der Waals surface area contributed by atoms with Gasteiger partial charge in [0.25, 0.3) is 0 Å². The first-order valence-corrected chi connectivity index (χ1v) is 5.98. The lowest BCUT2D eigenvalue weighted by Crippen LogP contribution is -2.03. The van der Waals surface area contributed by atoms with Crippen LogP contribution in [0.2, 0.25) is 0 Å². The molecule has 0 aliphatic carbocycles. The summed E-state index contributed by atoms with van der Waals surface area (Å²) in [6.45, 7) is 2.44. The fraction of sp³-hybridized carbons (Fsp3) is 0.286. The Labute approximate surface area is 109 Å². The maximum absolute atomic E-state index is 13.6. The lowest BCUT2D eigenvalue weighted by molar-refractivity contribution is 0.441. The molecule has 2 rings (SSSR count). The molecule has 2 N–H and O–H groups in total. The molecule has 0 saturated heterocycles. The first-order valence-electron chi connectivity index (χ1n) is 5.98. The molecular formula is C14H14F3NO. The van der Waals surface area contributed by atoms with E-state index in [0.29, 0.717) is 12.3 Å². The van der Waals surface area contributed by atoms with Gasteiger partial charge >= 0.3 is 0 Å². The van der Waals surface area contributed by atoms with Crippen molar-refractivity contribution < 1.29 is 17.6 Å². The lowest BCUT2D eigenvalue weighted by Gasteiger charge is -2.06. The molecular weight excluding hydrogens is 255 g/mol. The summed E-state index contributed by atoms with van der Waals surface area (Å²) < 4.78 is 45.1. The Bertz CT molecular complexity index is 580. The smallest absolute Gasteiger partial charge is 0.195 e. The minimum Gasteiger partial charge on any atom is -0.461 e. The molecule has 0 aliphatic rings. The standard InChI is InChI=1S/C14H14F3NO/c1-8(6-7-18)11-4-5-12(19-11)9-2-3-10(15)14(17)13(9)16/h2-5,8H,6-7,18H2,1H3. The molecule has 1 aromatic carbocycles. The predicted molar refractivity (Wildman–Crippen MR) is 66.1 cm³/mol. The van der Waals surface area contributed by atoms with Gasteiger partial charge in [0.15, 0.2) is 17.5 Å². The number of halogens is 3. The van der Waals surface area contributed by atoms with Gasteiger partial charge in [0, 0.05) is 5.92 Å². The Morgan fingerprint density at radius 1 is 1.11 bits per heavy atom. The second kappa shape index (κ2) is 5.48. The quantitative estimate of drug-likeness (QED) is 0.857. The molecule has 2 aromatic rings. The van der Waals surface area contributed by atoms with Gasteiger partial charge in [-0.25, -0.2) is 13.2 Å². The molecule has 2 nitrogen and oxygen atoms in total. The Hall–Kier alpha value is -1.75. The van der Waals surface area contributed by atoms with Gasteiger partial charge in [0.2, 0.25) is 0 Å². The first-order chi connectivity index (χ1) is 9.04. The Balaban J connectivity index is 2.36. The molecule has 1 unspecified atom stereocenters. The van der Waals surface area contributed by atoms with E-state index in [4.69, 9.17) is 10.2 Å². The molecule has 1 heterocycles. The summed E-state index contributed by atoms with van der Waals surface area (Å²) >= 11 is 0. The average Bonchev–Trinajstić information content (AvgIpc) is 2.86. The molecule has 0 fully saturated rings. The highest BCUT2D eigenvalue weighted by Gasteiger charge is 2.18. The lowest BCUT2D eigenvalue weighted by atomic mass is 10.1. The number of rotatable bonds is 4. The van der Waals surface area contributed by atoms with E-state index in [1.54, 1.807) is 6.07 Å². The molecule has 102 valence electrons. The average molecular weight is 269 g/mol. The van der Waals surface area contributed by atoms with Gasteiger partial charge in [-0.2, -0.15) is 0 Å². The highest BCUT2D eigenvalue weighted by Crippen LogP contribution is 2.30. The van der Waals surface area contributed by atoms with Crippen molar-refractivity contribution in [3.63, 3.8) is 0 Å². The Morgan fingerprint density at radius 2 is 1.84 bits per heavy atom. The summed E-state index contributed by atoms with van der Waals surface area (Å²) in [6, 6.07) is 5.26. The van der Waals surface area contributed by atoms with Crippen LogP contribution in [0.15, 0.2) is 28.7 Å². The molecule has 5 heteroatoms. The van der Waals surface area contributed by atoms with E-state index >= 15 is 0 Å². The highest BCUT2D eigenvalue weighted by atomic mass is 19.2. The van der Waals surface area contributed by atoms with Crippen LogP contribution in [0.5, 0.6) is 0 Å². The highest BCUT2D eigenvalue weighted by molar-refractivity contribution is 5.58. The van der Waals surface area contributed by atoms with E-state index in [1.807, 2.05) is 6.92 Å². The Morgan fingerprint density at radius 3 is 2.53 bits per heavy atom. The summed E-state index contributed by atoms with van der Waals surface area (Å²) in [5.41, 5.74) is 5.36. The molecule has 0 aliphatic heterocycles. The number of furan rings is 1. The molecule has 0 bridgehead atoms. The summed E-state index contributed by atoms with van der Waals surface area (Å²) in [5, 5.41) is 0. The largest absolute Gasteiger partial charge is 0.461 e. The van der Waals surface area contributed by atoms with Gasteiger partial charge in [-0.3, -0.25) is 0 Å². The van der Waals surface area contributed by atoms with Crippen molar-refractivity contribution in [2.24, 2.45) is 5.73 Å². The third-order valence-corrected chi connectivity index (χ3v) is 3.01. The third-order valence-electron chi connectivity index (χ3n) is 3.01. The molecule has 1 atom stereocenters. The predicted octanol–water partition coefficient (Wildman–Crippen LogP) is 3.82. The van der Waals surface area contributed by atoms with Crippen LogP contribution in [0.4, 0.5) is 13.2 Å². The summed E-state index contributed by atoms with van der Waals surface area (Å²) in [6.07, 6.45) is 0.729. The van der Waals surface area contributed by atoms with Gasteiger partial charge in [0.1, 0.15) is 11.5 Å². The Kier molecular flexibility index (Phi) is 3.95. The molecule has 19 heavy (non-hydrogen) atoms.